The van der Waals surface area contributed by atoms with E-state index in [0.717, 1.165) is 30.8 Å². The molecule has 8 nitrogen and oxygen atoms in total. The predicted octanol–water partition coefficient (Wildman–Crippen LogP) is 5.12. The van der Waals surface area contributed by atoms with Crippen molar-refractivity contribution >= 4 is 17.4 Å². The van der Waals surface area contributed by atoms with Crippen LogP contribution in [0.3, 0.4) is 0 Å². The Morgan fingerprint density at radius 3 is 2.38 bits per heavy atom. The van der Waals surface area contributed by atoms with Gasteiger partial charge in [0.05, 0.1) is 31.4 Å². The fraction of sp³-hybridized carbons (Fsp3) is 0.353. The first-order valence-corrected chi connectivity index (χ1v) is 14.5. The first kappa shape index (κ1) is 29.4. The Morgan fingerprint density at radius 1 is 0.929 bits per heavy atom. The molecule has 3 aromatic rings. The van der Waals surface area contributed by atoms with Crippen molar-refractivity contribution in [3.8, 4) is 11.5 Å². The van der Waals surface area contributed by atoms with Gasteiger partial charge in [0.25, 0.3) is 11.7 Å². The highest BCUT2D eigenvalue weighted by Gasteiger charge is 2.46. The van der Waals surface area contributed by atoms with E-state index in [9.17, 15) is 14.7 Å². The van der Waals surface area contributed by atoms with Gasteiger partial charge >= 0.3 is 0 Å². The van der Waals surface area contributed by atoms with E-state index in [1.54, 1.807) is 17.0 Å². The van der Waals surface area contributed by atoms with Crippen LogP contribution in [0.2, 0.25) is 0 Å². The number of nitrogens with zero attached hydrogens (tertiary/aromatic N) is 2. The van der Waals surface area contributed by atoms with E-state index < -0.39 is 17.7 Å². The van der Waals surface area contributed by atoms with Crippen molar-refractivity contribution in [2.45, 2.75) is 32.9 Å². The van der Waals surface area contributed by atoms with E-state index in [4.69, 9.17) is 14.2 Å². The lowest BCUT2D eigenvalue weighted by molar-refractivity contribution is -0.140. The number of amides is 1. The summed E-state index contributed by atoms with van der Waals surface area (Å²) in [6.07, 6.45) is 0.685. The van der Waals surface area contributed by atoms with Gasteiger partial charge in [-0.25, -0.2) is 0 Å². The molecule has 8 heteroatoms. The number of carbonyl (C=O) groups is 2. The second-order valence-electron chi connectivity index (χ2n) is 10.6. The highest BCUT2D eigenvalue weighted by Crippen LogP contribution is 2.42. The van der Waals surface area contributed by atoms with Crippen LogP contribution in [0.5, 0.6) is 11.5 Å². The maximum atomic E-state index is 13.5. The second-order valence-corrected chi connectivity index (χ2v) is 10.6. The summed E-state index contributed by atoms with van der Waals surface area (Å²) >= 11 is 0. The lowest BCUT2D eigenvalue weighted by atomic mass is 9.94. The lowest BCUT2D eigenvalue weighted by Gasteiger charge is -2.29. The SMILES string of the molecule is CCOc1cc(C2C(=C(O)c3ccc(C)cc3)C(=O)C(=O)N2CCCN2CCOCC2)ccc1OCc1ccccc1. The third-order valence-corrected chi connectivity index (χ3v) is 7.66. The molecular weight excluding hydrogens is 532 g/mol. The molecule has 0 bridgehead atoms. The third kappa shape index (κ3) is 6.66. The molecule has 2 aliphatic rings. The number of hydrogen-bond donors (Lipinski definition) is 1. The molecule has 0 aliphatic carbocycles. The van der Waals surface area contributed by atoms with Crippen molar-refractivity contribution in [2.75, 3.05) is 46.0 Å². The van der Waals surface area contributed by atoms with Crippen molar-refractivity contribution in [1.82, 2.24) is 9.80 Å². The number of Topliss-reactive ketones (excluding diaryl/α,β-unsaturated/α-hetero) is 1. The molecule has 2 heterocycles. The Balaban J connectivity index is 1.49. The normalized spacial score (nSPS) is 18.8. The number of ketones is 1. The summed E-state index contributed by atoms with van der Waals surface area (Å²) in [5.74, 6) is -0.409. The van der Waals surface area contributed by atoms with E-state index >= 15 is 0 Å². The van der Waals surface area contributed by atoms with Crippen LogP contribution in [-0.4, -0.2) is 72.6 Å². The van der Waals surface area contributed by atoms with Gasteiger partial charge in [0.15, 0.2) is 11.5 Å². The van der Waals surface area contributed by atoms with Crippen LogP contribution >= 0.6 is 0 Å². The number of morpholine rings is 1. The van der Waals surface area contributed by atoms with Crippen LogP contribution in [-0.2, 0) is 20.9 Å². The highest BCUT2D eigenvalue weighted by atomic mass is 16.5. The molecule has 2 fully saturated rings. The maximum absolute atomic E-state index is 13.5. The fourth-order valence-electron chi connectivity index (χ4n) is 5.43. The average Bonchev–Trinajstić information content (AvgIpc) is 3.27. The number of aliphatic hydroxyl groups is 1. The van der Waals surface area contributed by atoms with E-state index in [2.05, 4.69) is 4.90 Å². The van der Waals surface area contributed by atoms with Crippen molar-refractivity contribution < 1.29 is 28.9 Å². The van der Waals surface area contributed by atoms with Gasteiger partial charge in [-0.15, -0.1) is 0 Å². The zero-order valence-corrected chi connectivity index (χ0v) is 24.3. The molecule has 0 radical (unpaired) electrons. The minimum atomic E-state index is -0.765. The van der Waals surface area contributed by atoms with Gasteiger partial charge < -0.3 is 24.2 Å². The topological polar surface area (TPSA) is 88.5 Å². The van der Waals surface area contributed by atoms with Gasteiger partial charge in [-0.1, -0.05) is 66.2 Å². The molecule has 5 rings (SSSR count). The molecule has 1 N–H and O–H groups in total. The van der Waals surface area contributed by atoms with Gasteiger partial charge in [-0.05, 0) is 43.5 Å². The number of hydrogen-bond acceptors (Lipinski definition) is 7. The molecule has 0 spiro atoms. The van der Waals surface area contributed by atoms with Crippen LogP contribution in [0.1, 0.15) is 41.6 Å². The first-order chi connectivity index (χ1) is 20.5. The number of ether oxygens (including phenoxy) is 3. The molecule has 3 aromatic carbocycles. The minimum absolute atomic E-state index is 0.0793. The van der Waals surface area contributed by atoms with E-state index in [1.165, 1.54) is 0 Å². The summed E-state index contributed by atoms with van der Waals surface area (Å²) in [5, 5.41) is 11.4. The smallest absolute Gasteiger partial charge is 0.295 e. The quantitative estimate of drug-likeness (QED) is 0.195. The number of rotatable bonds is 11. The van der Waals surface area contributed by atoms with Gasteiger partial charge in [-0.3, -0.25) is 14.5 Å². The van der Waals surface area contributed by atoms with Crippen LogP contribution in [0.4, 0.5) is 0 Å². The average molecular weight is 571 g/mol. The van der Waals surface area contributed by atoms with Crippen LogP contribution in [0.15, 0.2) is 78.4 Å². The molecular formula is C34H38N2O6. The Hall–Kier alpha value is -4.14. The third-order valence-electron chi connectivity index (χ3n) is 7.66. The molecule has 220 valence electrons. The lowest BCUT2D eigenvalue weighted by Crippen LogP contribution is -2.39. The molecule has 1 unspecified atom stereocenters. The molecule has 0 saturated carbocycles. The summed E-state index contributed by atoms with van der Waals surface area (Å²) in [5.41, 5.74) is 3.29. The van der Waals surface area contributed by atoms with Gasteiger partial charge in [0.1, 0.15) is 12.4 Å². The number of aryl methyl sites for hydroxylation is 1. The summed E-state index contributed by atoms with van der Waals surface area (Å²) in [4.78, 5) is 30.8. The Labute approximate surface area is 247 Å². The van der Waals surface area contributed by atoms with Gasteiger partial charge in [0, 0.05) is 31.7 Å². The van der Waals surface area contributed by atoms with Crippen LogP contribution in [0, 0.1) is 6.92 Å². The first-order valence-electron chi connectivity index (χ1n) is 14.5. The van der Waals surface area contributed by atoms with Crippen molar-refractivity contribution in [3.63, 3.8) is 0 Å². The number of aliphatic hydroxyl groups excluding tert-OH is 1. The zero-order chi connectivity index (χ0) is 29.5. The van der Waals surface area contributed by atoms with Crippen LogP contribution in [0.25, 0.3) is 5.76 Å². The molecule has 0 aromatic heterocycles. The van der Waals surface area contributed by atoms with E-state index in [-0.39, 0.29) is 11.3 Å². The standard InChI is InChI=1S/C34H38N2O6/c1-3-41-29-22-27(14-15-28(29)42-23-25-8-5-4-6-9-25)31-30(32(37)26-12-10-24(2)11-13-26)33(38)34(39)36(31)17-7-16-35-18-20-40-21-19-35/h4-6,8-15,22,31,37H,3,7,16-21,23H2,1-2H3. The van der Waals surface area contributed by atoms with E-state index in [0.29, 0.717) is 62.0 Å². The fourth-order valence-corrected chi connectivity index (χ4v) is 5.43. The molecule has 1 amide bonds. The largest absolute Gasteiger partial charge is 0.507 e. The Kier molecular flexibility index (Phi) is 9.56. The second kappa shape index (κ2) is 13.7. The summed E-state index contributed by atoms with van der Waals surface area (Å²) < 4.78 is 17.5. The van der Waals surface area contributed by atoms with Crippen molar-refractivity contribution in [2.24, 2.45) is 0 Å². The number of likely N-dealkylation sites (tertiary alicyclic amines) is 1. The molecule has 42 heavy (non-hydrogen) atoms. The zero-order valence-electron chi connectivity index (χ0n) is 24.3. The molecule has 1 atom stereocenters. The maximum Gasteiger partial charge on any atom is 0.295 e. The summed E-state index contributed by atoms with van der Waals surface area (Å²) in [7, 11) is 0. The van der Waals surface area contributed by atoms with Crippen LogP contribution < -0.4 is 9.47 Å². The minimum Gasteiger partial charge on any atom is -0.507 e. The molecule has 2 aliphatic heterocycles. The Bertz CT molecular complexity index is 1410. The summed E-state index contributed by atoms with van der Waals surface area (Å²) in [6.45, 7) is 8.86. The number of carbonyl (C=O) groups excluding carboxylic acids is 2. The van der Waals surface area contributed by atoms with E-state index in [1.807, 2.05) is 74.5 Å². The monoisotopic (exact) mass is 570 g/mol. The van der Waals surface area contributed by atoms with Gasteiger partial charge in [0.2, 0.25) is 0 Å². The highest BCUT2D eigenvalue weighted by molar-refractivity contribution is 6.46. The van der Waals surface area contributed by atoms with Crippen molar-refractivity contribution in [1.29, 1.82) is 0 Å². The number of benzene rings is 3. The predicted molar refractivity (Wildman–Crippen MR) is 160 cm³/mol. The van der Waals surface area contributed by atoms with Gasteiger partial charge in [-0.2, -0.15) is 0 Å². The summed E-state index contributed by atoms with van der Waals surface area (Å²) in [6, 6.07) is 21.8. The van der Waals surface area contributed by atoms with Crippen molar-refractivity contribution in [3.05, 3.63) is 101 Å². The molecule has 2 saturated heterocycles. The Morgan fingerprint density at radius 2 is 1.67 bits per heavy atom.